The van der Waals surface area contributed by atoms with Crippen LogP contribution in [0.3, 0.4) is 0 Å². The van der Waals surface area contributed by atoms with Gasteiger partial charge in [0, 0.05) is 18.8 Å². The van der Waals surface area contributed by atoms with Gasteiger partial charge in [-0.1, -0.05) is 36.4 Å². The topological polar surface area (TPSA) is 45.2 Å². The summed E-state index contributed by atoms with van der Waals surface area (Å²) in [6.45, 7) is 1.32. The predicted octanol–water partition coefficient (Wildman–Crippen LogP) is 3.00. The first-order valence-electron chi connectivity index (χ1n) is 7.81. The molecule has 1 fully saturated rings. The molecular weight excluding hydrogens is 274 g/mol. The Morgan fingerprint density at radius 2 is 2.00 bits per heavy atom. The number of pyridine rings is 1. The maximum Gasteiger partial charge on any atom is 0.317 e. The summed E-state index contributed by atoms with van der Waals surface area (Å²) in [7, 11) is 0. The third-order valence-electron chi connectivity index (χ3n) is 4.10. The van der Waals surface area contributed by atoms with Gasteiger partial charge in [0.25, 0.3) is 0 Å². The van der Waals surface area contributed by atoms with E-state index in [1.54, 1.807) is 6.20 Å². The molecule has 1 aromatic carbocycles. The van der Waals surface area contributed by atoms with E-state index >= 15 is 0 Å². The molecule has 2 aromatic rings. The number of aromatic nitrogens is 1. The summed E-state index contributed by atoms with van der Waals surface area (Å²) in [4.78, 5) is 18.6. The number of carbonyl (C=O) groups excluding carboxylic acids is 1. The first-order valence-corrected chi connectivity index (χ1v) is 7.81. The molecular formula is C18H21N3O. The fourth-order valence-corrected chi connectivity index (χ4v) is 2.97. The molecule has 1 N–H and O–H groups in total. The molecule has 1 aromatic heterocycles. The normalized spacial score (nSPS) is 17.5. The van der Waals surface area contributed by atoms with E-state index in [2.05, 4.69) is 34.6 Å². The molecule has 0 saturated carbocycles. The number of rotatable bonds is 4. The first-order chi connectivity index (χ1) is 10.8. The second kappa shape index (κ2) is 7.07. The maximum atomic E-state index is 12.4. The lowest BCUT2D eigenvalue weighted by molar-refractivity contribution is 0.192. The van der Waals surface area contributed by atoms with Crippen molar-refractivity contribution in [2.45, 2.75) is 31.8 Å². The molecule has 1 aliphatic rings. The summed E-state index contributed by atoms with van der Waals surface area (Å²) in [5.74, 6) is 0. The lowest BCUT2D eigenvalue weighted by atomic mass is 10.0. The molecule has 4 nitrogen and oxygen atoms in total. The number of carbonyl (C=O) groups is 1. The minimum Gasteiger partial charge on any atom is -0.332 e. The monoisotopic (exact) mass is 295 g/mol. The summed E-state index contributed by atoms with van der Waals surface area (Å²) >= 11 is 0. The molecule has 2 amide bonds. The zero-order chi connectivity index (χ0) is 15.2. The van der Waals surface area contributed by atoms with Gasteiger partial charge >= 0.3 is 6.03 Å². The Bertz CT molecular complexity index is 600. The molecule has 0 radical (unpaired) electrons. The third kappa shape index (κ3) is 3.64. The van der Waals surface area contributed by atoms with Crippen molar-refractivity contribution < 1.29 is 4.79 Å². The van der Waals surface area contributed by atoms with E-state index in [-0.39, 0.29) is 6.03 Å². The number of hydrogen-bond donors (Lipinski definition) is 1. The Balaban J connectivity index is 1.57. The fraction of sp³-hybridized carbons (Fsp3) is 0.333. The maximum absolute atomic E-state index is 12.4. The number of nitrogens with one attached hydrogen (secondary N) is 1. The number of amides is 2. The molecule has 1 saturated heterocycles. The third-order valence-corrected chi connectivity index (χ3v) is 4.10. The molecule has 4 heteroatoms. The van der Waals surface area contributed by atoms with Gasteiger partial charge in [0.2, 0.25) is 0 Å². The van der Waals surface area contributed by atoms with Gasteiger partial charge < -0.3 is 10.2 Å². The van der Waals surface area contributed by atoms with Crippen LogP contribution in [0, 0.1) is 0 Å². The van der Waals surface area contributed by atoms with E-state index in [1.165, 1.54) is 5.56 Å². The van der Waals surface area contributed by atoms with Crippen LogP contribution in [-0.2, 0) is 13.0 Å². The molecule has 0 spiro atoms. The van der Waals surface area contributed by atoms with Crippen LogP contribution in [0.15, 0.2) is 54.7 Å². The van der Waals surface area contributed by atoms with Gasteiger partial charge in [-0.25, -0.2) is 4.79 Å². The van der Waals surface area contributed by atoms with Gasteiger partial charge in [0.05, 0.1) is 12.2 Å². The average molecular weight is 295 g/mol. The van der Waals surface area contributed by atoms with Crippen LogP contribution in [-0.4, -0.2) is 28.5 Å². The van der Waals surface area contributed by atoms with E-state index in [4.69, 9.17) is 0 Å². The highest BCUT2D eigenvalue weighted by atomic mass is 16.2. The zero-order valence-corrected chi connectivity index (χ0v) is 12.6. The minimum absolute atomic E-state index is 0.0177. The van der Waals surface area contributed by atoms with Gasteiger partial charge in [-0.3, -0.25) is 4.98 Å². The predicted molar refractivity (Wildman–Crippen MR) is 86.3 cm³/mol. The van der Waals surface area contributed by atoms with Crippen molar-refractivity contribution in [3.8, 4) is 0 Å². The fourth-order valence-electron chi connectivity index (χ4n) is 2.97. The van der Waals surface area contributed by atoms with Crippen molar-refractivity contribution in [2.75, 3.05) is 6.54 Å². The lowest BCUT2D eigenvalue weighted by Gasteiger charge is -2.25. The Morgan fingerprint density at radius 1 is 1.18 bits per heavy atom. The Kier molecular flexibility index (Phi) is 4.68. The van der Waals surface area contributed by atoms with Crippen molar-refractivity contribution in [1.82, 2.24) is 15.2 Å². The van der Waals surface area contributed by atoms with Gasteiger partial charge in [0.1, 0.15) is 0 Å². The van der Waals surface area contributed by atoms with Gasteiger partial charge in [-0.15, -0.1) is 0 Å². The Hall–Kier alpha value is -2.36. The minimum atomic E-state index is 0.0177. The number of benzene rings is 1. The number of urea groups is 1. The van der Waals surface area contributed by atoms with Crippen molar-refractivity contribution in [1.29, 1.82) is 0 Å². The van der Waals surface area contributed by atoms with Crippen LogP contribution in [0.5, 0.6) is 0 Å². The summed E-state index contributed by atoms with van der Waals surface area (Å²) in [5, 5.41) is 2.98. The second-order valence-electron chi connectivity index (χ2n) is 5.66. The highest BCUT2D eigenvalue weighted by Crippen LogP contribution is 2.21. The Morgan fingerprint density at radius 3 is 2.77 bits per heavy atom. The Labute approximate surface area is 131 Å². The van der Waals surface area contributed by atoms with Gasteiger partial charge in [-0.05, 0) is 37.0 Å². The van der Waals surface area contributed by atoms with Crippen molar-refractivity contribution in [3.05, 3.63) is 66.0 Å². The SMILES string of the molecule is O=C(NCc1ccccn1)N1CCCC1Cc1ccccc1. The number of nitrogens with zero attached hydrogens (tertiary/aromatic N) is 2. The molecule has 22 heavy (non-hydrogen) atoms. The average Bonchev–Trinajstić information content (AvgIpc) is 3.03. The standard InChI is InChI=1S/C18H21N3O/c22-18(20-14-16-9-4-5-11-19-16)21-12-6-10-17(21)13-15-7-2-1-3-8-15/h1-5,7-9,11,17H,6,10,12-14H2,(H,20,22). The number of likely N-dealkylation sites (tertiary alicyclic amines) is 1. The van der Waals surface area contributed by atoms with Gasteiger partial charge in [0.15, 0.2) is 0 Å². The van der Waals surface area contributed by atoms with Crippen LogP contribution < -0.4 is 5.32 Å². The van der Waals surface area contributed by atoms with E-state index in [1.807, 2.05) is 29.2 Å². The smallest absolute Gasteiger partial charge is 0.317 e. The van der Waals surface area contributed by atoms with Crippen molar-refractivity contribution in [3.63, 3.8) is 0 Å². The highest BCUT2D eigenvalue weighted by Gasteiger charge is 2.28. The molecule has 3 rings (SSSR count). The zero-order valence-electron chi connectivity index (χ0n) is 12.6. The molecule has 1 aliphatic heterocycles. The molecule has 1 unspecified atom stereocenters. The molecule has 2 heterocycles. The molecule has 114 valence electrons. The van der Waals surface area contributed by atoms with Crippen molar-refractivity contribution >= 4 is 6.03 Å². The van der Waals surface area contributed by atoms with Crippen LogP contribution in [0.2, 0.25) is 0 Å². The highest BCUT2D eigenvalue weighted by molar-refractivity contribution is 5.74. The van der Waals surface area contributed by atoms with Crippen LogP contribution in [0.1, 0.15) is 24.1 Å². The van der Waals surface area contributed by atoms with Crippen LogP contribution in [0.4, 0.5) is 4.79 Å². The summed E-state index contributed by atoms with van der Waals surface area (Å²) in [6, 6.07) is 16.4. The first kappa shape index (κ1) is 14.6. The van der Waals surface area contributed by atoms with E-state index < -0.39 is 0 Å². The molecule has 0 bridgehead atoms. The molecule has 0 aliphatic carbocycles. The second-order valence-corrected chi connectivity index (χ2v) is 5.66. The van der Waals surface area contributed by atoms with E-state index in [9.17, 15) is 4.79 Å². The summed E-state index contributed by atoms with van der Waals surface area (Å²) < 4.78 is 0. The lowest BCUT2D eigenvalue weighted by Crippen LogP contribution is -2.43. The largest absolute Gasteiger partial charge is 0.332 e. The summed E-state index contributed by atoms with van der Waals surface area (Å²) in [6.07, 6.45) is 4.83. The van der Waals surface area contributed by atoms with Crippen LogP contribution in [0.25, 0.3) is 0 Å². The van der Waals surface area contributed by atoms with Crippen LogP contribution >= 0.6 is 0 Å². The summed E-state index contributed by atoms with van der Waals surface area (Å²) in [5.41, 5.74) is 2.17. The van der Waals surface area contributed by atoms with E-state index in [0.717, 1.165) is 31.5 Å². The van der Waals surface area contributed by atoms with Crippen molar-refractivity contribution in [2.24, 2.45) is 0 Å². The van der Waals surface area contributed by atoms with Gasteiger partial charge in [-0.2, -0.15) is 0 Å². The molecule has 1 atom stereocenters. The quantitative estimate of drug-likeness (QED) is 0.942. The van der Waals surface area contributed by atoms with E-state index in [0.29, 0.717) is 12.6 Å². The number of hydrogen-bond acceptors (Lipinski definition) is 2.